The predicted octanol–water partition coefficient (Wildman–Crippen LogP) is 6.89. The Kier molecular flexibility index (Phi) is 3.74. The van der Waals surface area contributed by atoms with Crippen LogP contribution < -0.4 is 0 Å². The fraction of sp³-hybridized carbons (Fsp3) is 0.143. The summed E-state index contributed by atoms with van der Waals surface area (Å²) in [7, 11) is 0. The molecule has 0 nitrogen and oxygen atoms in total. The van der Waals surface area contributed by atoms with E-state index in [4.69, 9.17) is 0 Å². The zero-order valence-corrected chi connectivity index (χ0v) is 15.1. The van der Waals surface area contributed by atoms with E-state index in [1.807, 2.05) is 23.5 Å². The third-order valence-electron chi connectivity index (χ3n) is 4.61. The molecule has 0 N–H and O–H groups in total. The highest BCUT2D eigenvalue weighted by atomic mass is 32.2. The number of rotatable bonds is 1. The van der Waals surface area contributed by atoms with Gasteiger partial charge in [0, 0.05) is 19.6 Å². The van der Waals surface area contributed by atoms with Crippen LogP contribution in [-0.4, -0.2) is 0 Å². The number of hydrogen-bond donors (Lipinski definition) is 0. The van der Waals surface area contributed by atoms with E-state index in [9.17, 15) is 0 Å². The molecule has 2 heteroatoms. The molecule has 4 rings (SSSR count). The Morgan fingerprint density at radius 1 is 0.565 bits per heavy atom. The van der Waals surface area contributed by atoms with Gasteiger partial charge >= 0.3 is 0 Å². The third-order valence-corrected chi connectivity index (χ3v) is 7.22. The lowest BCUT2D eigenvalue weighted by atomic mass is 9.94. The maximum absolute atomic E-state index is 2.28. The SMILES string of the molecule is Cc1ccc(-c2cccc3c2Sc2ccccc2S3)c(C)c1C. The van der Waals surface area contributed by atoms with Gasteiger partial charge in [-0.25, -0.2) is 0 Å². The van der Waals surface area contributed by atoms with Crippen LogP contribution in [0.3, 0.4) is 0 Å². The number of benzene rings is 3. The van der Waals surface area contributed by atoms with E-state index in [1.54, 1.807) is 0 Å². The second-order valence-corrected chi connectivity index (χ2v) is 8.10. The summed E-state index contributed by atoms with van der Waals surface area (Å²) in [5.74, 6) is 0. The Morgan fingerprint density at radius 2 is 1.26 bits per heavy atom. The van der Waals surface area contributed by atoms with E-state index in [0.717, 1.165) is 0 Å². The van der Waals surface area contributed by atoms with Gasteiger partial charge in [-0.3, -0.25) is 0 Å². The molecule has 23 heavy (non-hydrogen) atoms. The quantitative estimate of drug-likeness (QED) is 0.371. The van der Waals surface area contributed by atoms with E-state index >= 15 is 0 Å². The fourth-order valence-electron chi connectivity index (χ4n) is 3.01. The van der Waals surface area contributed by atoms with Crippen molar-refractivity contribution < 1.29 is 0 Å². The summed E-state index contributed by atoms with van der Waals surface area (Å²) in [6, 6.07) is 19.9. The molecule has 0 spiro atoms. The zero-order valence-electron chi connectivity index (χ0n) is 13.5. The molecule has 1 aliphatic heterocycles. The standard InChI is InChI=1S/C21H18S2/c1-13-11-12-16(15(3)14(13)2)17-7-6-10-20-21(17)23-19-9-5-4-8-18(19)22-20/h4-12H,1-3H3. The molecule has 0 unspecified atom stereocenters. The van der Waals surface area contributed by atoms with E-state index in [1.165, 1.54) is 47.4 Å². The second-order valence-electron chi connectivity index (χ2n) is 5.96. The molecule has 0 amide bonds. The van der Waals surface area contributed by atoms with Crippen molar-refractivity contribution in [2.75, 3.05) is 0 Å². The smallest absolute Gasteiger partial charge is 0.0340 e. The predicted molar refractivity (Wildman–Crippen MR) is 101 cm³/mol. The van der Waals surface area contributed by atoms with Crippen molar-refractivity contribution in [3.05, 3.63) is 71.3 Å². The molecule has 3 aromatic carbocycles. The van der Waals surface area contributed by atoms with Gasteiger partial charge in [-0.2, -0.15) is 0 Å². The third kappa shape index (κ3) is 2.50. The van der Waals surface area contributed by atoms with Crippen LogP contribution in [0.2, 0.25) is 0 Å². The molecule has 1 heterocycles. The largest absolute Gasteiger partial charge is 0.0877 e. The second kappa shape index (κ2) is 5.77. The van der Waals surface area contributed by atoms with E-state index in [2.05, 4.69) is 75.4 Å². The first-order chi connectivity index (χ1) is 11.1. The number of aryl methyl sites for hydroxylation is 1. The minimum absolute atomic E-state index is 1.36. The summed E-state index contributed by atoms with van der Waals surface area (Å²) in [6.45, 7) is 6.65. The van der Waals surface area contributed by atoms with Gasteiger partial charge in [0.05, 0.1) is 0 Å². The van der Waals surface area contributed by atoms with Crippen LogP contribution in [0.25, 0.3) is 11.1 Å². The van der Waals surface area contributed by atoms with Crippen LogP contribution in [0.5, 0.6) is 0 Å². The maximum Gasteiger partial charge on any atom is 0.0340 e. The minimum atomic E-state index is 1.36. The molecule has 0 atom stereocenters. The van der Waals surface area contributed by atoms with Crippen molar-refractivity contribution in [1.82, 2.24) is 0 Å². The first-order valence-electron chi connectivity index (χ1n) is 7.80. The van der Waals surface area contributed by atoms with Crippen LogP contribution in [0.15, 0.2) is 74.2 Å². The lowest BCUT2D eigenvalue weighted by Crippen LogP contribution is -1.95. The molecular formula is C21H18S2. The van der Waals surface area contributed by atoms with Crippen molar-refractivity contribution in [3.63, 3.8) is 0 Å². The van der Waals surface area contributed by atoms with Gasteiger partial charge in [0.1, 0.15) is 0 Å². The van der Waals surface area contributed by atoms with Crippen molar-refractivity contribution in [2.45, 2.75) is 40.4 Å². The Hall–Kier alpha value is -1.64. The Labute approximate surface area is 146 Å². The van der Waals surface area contributed by atoms with Gasteiger partial charge in [-0.05, 0) is 66.8 Å². The normalized spacial score (nSPS) is 12.7. The average Bonchev–Trinajstić information content (AvgIpc) is 2.58. The molecule has 0 bridgehead atoms. The highest BCUT2D eigenvalue weighted by Gasteiger charge is 2.20. The van der Waals surface area contributed by atoms with Gasteiger partial charge in [0.15, 0.2) is 0 Å². The molecular weight excluding hydrogens is 316 g/mol. The summed E-state index contributed by atoms with van der Waals surface area (Å²) in [5.41, 5.74) is 6.87. The van der Waals surface area contributed by atoms with E-state index < -0.39 is 0 Å². The lowest BCUT2D eigenvalue weighted by molar-refractivity contribution is 1.15. The molecule has 114 valence electrons. The van der Waals surface area contributed by atoms with E-state index in [-0.39, 0.29) is 0 Å². The molecule has 1 aliphatic rings. The van der Waals surface area contributed by atoms with Gasteiger partial charge in [0.25, 0.3) is 0 Å². The summed E-state index contributed by atoms with van der Waals surface area (Å²) in [6.07, 6.45) is 0. The lowest BCUT2D eigenvalue weighted by Gasteiger charge is -2.22. The van der Waals surface area contributed by atoms with Gasteiger partial charge in [0.2, 0.25) is 0 Å². The maximum atomic E-state index is 2.28. The Morgan fingerprint density at radius 3 is 2.04 bits per heavy atom. The Bertz CT molecular complexity index is 910. The van der Waals surface area contributed by atoms with Crippen LogP contribution in [0.4, 0.5) is 0 Å². The van der Waals surface area contributed by atoms with Crippen LogP contribution in [0.1, 0.15) is 16.7 Å². The molecule has 0 saturated heterocycles. The zero-order chi connectivity index (χ0) is 16.0. The van der Waals surface area contributed by atoms with Gasteiger partial charge < -0.3 is 0 Å². The van der Waals surface area contributed by atoms with Crippen LogP contribution in [0, 0.1) is 20.8 Å². The first-order valence-corrected chi connectivity index (χ1v) is 9.43. The fourth-order valence-corrected chi connectivity index (χ4v) is 5.40. The monoisotopic (exact) mass is 334 g/mol. The molecule has 0 radical (unpaired) electrons. The summed E-state index contributed by atoms with van der Waals surface area (Å²) in [5, 5.41) is 0. The highest BCUT2D eigenvalue weighted by molar-refractivity contribution is 8.05. The molecule has 0 aromatic heterocycles. The van der Waals surface area contributed by atoms with Crippen molar-refractivity contribution in [1.29, 1.82) is 0 Å². The minimum Gasteiger partial charge on any atom is -0.0877 e. The summed E-state index contributed by atoms with van der Waals surface area (Å²) < 4.78 is 0. The molecule has 0 saturated carbocycles. The topological polar surface area (TPSA) is 0 Å². The van der Waals surface area contributed by atoms with Gasteiger partial charge in [-0.15, -0.1) is 0 Å². The molecule has 0 fully saturated rings. The molecule has 3 aromatic rings. The van der Waals surface area contributed by atoms with Crippen molar-refractivity contribution in [2.24, 2.45) is 0 Å². The van der Waals surface area contributed by atoms with Gasteiger partial charge in [-0.1, -0.05) is 59.9 Å². The van der Waals surface area contributed by atoms with Crippen LogP contribution in [-0.2, 0) is 0 Å². The Balaban J connectivity index is 1.89. The van der Waals surface area contributed by atoms with Crippen molar-refractivity contribution >= 4 is 23.5 Å². The summed E-state index contributed by atoms with van der Waals surface area (Å²) >= 11 is 3.79. The average molecular weight is 335 g/mol. The summed E-state index contributed by atoms with van der Waals surface area (Å²) in [4.78, 5) is 5.48. The van der Waals surface area contributed by atoms with Crippen LogP contribution >= 0.6 is 23.5 Å². The first kappa shape index (κ1) is 14.9. The number of fused-ring (bicyclic) bond motifs is 2. The van der Waals surface area contributed by atoms with Crippen molar-refractivity contribution in [3.8, 4) is 11.1 Å². The highest BCUT2D eigenvalue weighted by Crippen LogP contribution is 2.51. The van der Waals surface area contributed by atoms with E-state index in [0.29, 0.717) is 0 Å². The number of hydrogen-bond acceptors (Lipinski definition) is 2. The molecule has 0 aliphatic carbocycles.